The Bertz CT molecular complexity index is 1110. The summed E-state index contributed by atoms with van der Waals surface area (Å²) in [5.41, 5.74) is 1.77. The van der Waals surface area contributed by atoms with Gasteiger partial charge in [0.05, 0.1) is 12.8 Å². The Morgan fingerprint density at radius 3 is 2.55 bits per heavy atom. The number of rotatable bonds is 7. The standard InChI is InChI=1S/C23H27N3O4S/c1-3-4-14-26-20-13-10-18(24-23(27)17-6-5-7-17)15-21(20)31(28,29)25-22(26)16-8-11-19(30-2)12-9-16/h8-13,15,17H,3-7,14H2,1-2H3,(H,24,27). The molecule has 4 rings (SSSR count). The molecule has 0 aromatic heterocycles. The highest BCUT2D eigenvalue weighted by Crippen LogP contribution is 2.36. The molecule has 0 saturated heterocycles. The summed E-state index contributed by atoms with van der Waals surface area (Å²) >= 11 is 0. The molecule has 1 fully saturated rings. The number of sulfonamides is 1. The second-order valence-electron chi connectivity index (χ2n) is 7.92. The average molecular weight is 442 g/mol. The second-order valence-corrected chi connectivity index (χ2v) is 9.50. The largest absolute Gasteiger partial charge is 0.497 e. The number of amides is 1. The molecule has 2 aromatic rings. The molecule has 1 amide bonds. The number of hydrogen-bond acceptors (Lipinski definition) is 5. The van der Waals surface area contributed by atoms with E-state index in [9.17, 15) is 13.2 Å². The first-order valence-corrected chi connectivity index (χ1v) is 12.1. The first kappa shape index (κ1) is 21.4. The molecular formula is C23H27N3O4S. The van der Waals surface area contributed by atoms with E-state index >= 15 is 0 Å². The van der Waals surface area contributed by atoms with Crippen LogP contribution in [0.4, 0.5) is 11.4 Å². The minimum Gasteiger partial charge on any atom is -0.497 e. The highest BCUT2D eigenvalue weighted by atomic mass is 32.2. The normalized spacial score (nSPS) is 17.4. The van der Waals surface area contributed by atoms with E-state index in [0.717, 1.165) is 32.1 Å². The van der Waals surface area contributed by atoms with Gasteiger partial charge in [0.1, 0.15) is 10.6 Å². The van der Waals surface area contributed by atoms with Crippen LogP contribution >= 0.6 is 0 Å². The lowest BCUT2D eigenvalue weighted by atomic mass is 9.85. The molecule has 0 spiro atoms. The fraction of sp³-hybridized carbons (Fsp3) is 0.391. The van der Waals surface area contributed by atoms with E-state index in [0.29, 0.717) is 35.1 Å². The number of methoxy groups -OCH3 is 1. The minimum atomic E-state index is -3.92. The monoisotopic (exact) mass is 441 g/mol. The van der Waals surface area contributed by atoms with Gasteiger partial charge in [0, 0.05) is 23.7 Å². The third-order valence-corrected chi connectivity index (χ3v) is 7.11. The smallest absolute Gasteiger partial charge is 0.286 e. The van der Waals surface area contributed by atoms with Crippen LogP contribution in [0.3, 0.4) is 0 Å². The maximum atomic E-state index is 13.1. The molecule has 1 aliphatic heterocycles. The molecule has 31 heavy (non-hydrogen) atoms. The number of benzene rings is 2. The first-order chi connectivity index (χ1) is 14.9. The predicted molar refractivity (Wildman–Crippen MR) is 121 cm³/mol. The predicted octanol–water partition coefficient (Wildman–Crippen LogP) is 4.19. The van der Waals surface area contributed by atoms with Crippen LogP contribution in [0, 0.1) is 5.92 Å². The van der Waals surface area contributed by atoms with Gasteiger partial charge in [0.25, 0.3) is 10.0 Å². The van der Waals surface area contributed by atoms with Crippen molar-refractivity contribution in [2.75, 3.05) is 23.9 Å². The molecule has 1 heterocycles. The highest BCUT2D eigenvalue weighted by molar-refractivity contribution is 7.90. The Hall–Kier alpha value is -2.87. The number of carbonyl (C=O) groups excluding carboxylic acids is 1. The van der Waals surface area contributed by atoms with Crippen molar-refractivity contribution in [1.29, 1.82) is 0 Å². The van der Waals surface area contributed by atoms with Gasteiger partial charge in [-0.05, 0) is 61.7 Å². The second kappa shape index (κ2) is 8.70. The van der Waals surface area contributed by atoms with E-state index in [4.69, 9.17) is 4.74 Å². The zero-order valence-corrected chi connectivity index (χ0v) is 18.6. The Balaban J connectivity index is 1.72. The minimum absolute atomic E-state index is 0.0217. The van der Waals surface area contributed by atoms with Gasteiger partial charge < -0.3 is 15.0 Å². The summed E-state index contributed by atoms with van der Waals surface area (Å²) in [7, 11) is -2.33. The van der Waals surface area contributed by atoms with Gasteiger partial charge in [-0.1, -0.05) is 19.8 Å². The summed E-state index contributed by atoms with van der Waals surface area (Å²) in [4.78, 5) is 14.4. The number of amidine groups is 1. The number of nitrogens with zero attached hydrogens (tertiary/aromatic N) is 2. The lowest BCUT2D eigenvalue weighted by molar-refractivity contribution is -0.122. The average Bonchev–Trinajstić information content (AvgIpc) is 2.72. The van der Waals surface area contributed by atoms with Gasteiger partial charge in [-0.25, -0.2) is 0 Å². The van der Waals surface area contributed by atoms with Crippen molar-refractivity contribution in [2.24, 2.45) is 10.3 Å². The molecule has 0 atom stereocenters. The lowest BCUT2D eigenvalue weighted by Gasteiger charge is -2.31. The SMILES string of the molecule is CCCCN1C(c2ccc(OC)cc2)=NS(=O)(=O)c2cc(NC(=O)C3CCC3)ccc21. The zero-order valence-electron chi connectivity index (χ0n) is 17.8. The van der Waals surface area contributed by atoms with Crippen molar-refractivity contribution in [3.05, 3.63) is 48.0 Å². The summed E-state index contributed by atoms with van der Waals surface area (Å²) in [6.45, 7) is 2.72. The van der Waals surface area contributed by atoms with Crippen LogP contribution in [0.1, 0.15) is 44.6 Å². The van der Waals surface area contributed by atoms with E-state index in [1.54, 1.807) is 31.4 Å². The Morgan fingerprint density at radius 1 is 1.19 bits per heavy atom. The summed E-state index contributed by atoms with van der Waals surface area (Å²) < 4.78 is 35.5. The number of hydrogen-bond donors (Lipinski definition) is 1. The van der Waals surface area contributed by atoms with Gasteiger partial charge in [-0.15, -0.1) is 4.40 Å². The maximum absolute atomic E-state index is 13.1. The number of fused-ring (bicyclic) bond motifs is 1. The number of ether oxygens (including phenoxy) is 1. The van der Waals surface area contributed by atoms with Crippen LogP contribution in [0.2, 0.25) is 0 Å². The Morgan fingerprint density at radius 2 is 1.94 bits per heavy atom. The maximum Gasteiger partial charge on any atom is 0.286 e. The first-order valence-electron chi connectivity index (χ1n) is 10.6. The van der Waals surface area contributed by atoms with Crippen molar-refractivity contribution in [1.82, 2.24) is 0 Å². The molecule has 2 aromatic carbocycles. The van der Waals surface area contributed by atoms with Crippen LogP contribution in [-0.2, 0) is 14.8 Å². The molecule has 0 unspecified atom stereocenters. The number of unbranched alkanes of at least 4 members (excludes halogenated alkanes) is 1. The quantitative estimate of drug-likeness (QED) is 0.696. The van der Waals surface area contributed by atoms with E-state index in [1.807, 2.05) is 17.0 Å². The Labute approximate surface area is 183 Å². The van der Waals surface area contributed by atoms with Crippen LogP contribution in [0.25, 0.3) is 0 Å². The summed E-state index contributed by atoms with van der Waals surface area (Å²) in [6, 6.07) is 12.2. The van der Waals surface area contributed by atoms with Crippen LogP contribution in [0.15, 0.2) is 51.8 Å². The van der Waals surface area contributed by atoms with Gasteiger partial charge in [-0.3, -0.25) is 4.79 Å². The molecule has 0 radical (unpaired) electrons. The number of carbonyl (C=O) groups is 1. The van der Waals surface area contributed by atoms with E-state index in [-0.39, 0.29) is 16.7 Å². The number of nitrogens with one attached hydrogen (secondary N) is 1. The lowest BCUT2D eigenvalue weighted by Crippen LogP contribution is -2.37. The van der Waals surface area contributed by atoms with Crippen LogP contribution < -0.4 is 15.0 Å². The van der Waals surface area contributed by atoms with Crippen molar-refractivity contribution in [3.8, 4) is 5.75 Å². The van der Waals surface area contributed by atoms with E-state index in [2.05, 4.69) is 16.6 Å². The zero-order chi connectivity index (χ0) is 22.0. The fourth-order valence-electron chi connectivity index (χ4n) is 3.75. The van der Waals surface area contributed by atoms with Crippen molar-refractivity contribution < 1.29 is 17.9 Å². The summed E-state index contributed by atoms with van der Waals surface area (Å²) in [5, 5.41) is 2.86. The third-order valence-electron chi connectivity index (χ3n) is 5.82. The topological polar surface area (TPSA) is 88.1 Å². The van der Waals surface area contributed by atoms with Gasteiger partial charge >= 0.3 is 0 Å². The summed E-state index contributed by atoms with van der Waals surface area (Å²) in [5.74, 6) is 1.06. The van der Waals surface area contributed by atoms with Crippen molar-refractivity contribution in [2.45, 2.75) is 43.9 Å². The van der Waals surface area contributed by atoms with Crippen molar-refractivity contribution in [3.63, 3.8) is 0 Å². The molecule has 2 aliphatic rings. The van der Waals surface area contributed by atoms with E-state index < -0.39 is 10.0 Å². The molecule has 164 valence electrons. The molecule has 7 nitrogen and oxygen atoms in total. The van der Waals surface area contributed by atoms with E-state index in [1.165, 1.54) is 6.07 Å². The molecular weight excluding hydrogens is 414 g/mol. The van der Waals surface area contributed by atoms with Crippen LogP contribution in [-0.4, -0.2) is 33.8 Å². The highest BCUT2D eigenvalue weighted by Gasteiger charge is 2.32. The molecule has 0 bridgehead atoms. The fourth-order valence-corrected chi connectivity index (χ4v) is 5.00. The van der Waals surface area contributed by atoms with Gasteiger partial charge in [0.15, 0.2) is 5.84 Å². The third kappa shape index (κ3) is 4.30. The Kier molecular flexibility index (Phi) is 6.00. The van der Waals surface area contributed by atoms with Crippen molar-refractivity contribution >= 4 is 33.1 Å². The number of anilines is 2. The summed E-state index contributed by atoms with van der Waals surface area (Å²) in [6.07, 6.45) is 4.68. The molecule has 1 N–H and O–H groups in total. The molecule has 1 saturated carbocycles. The molecule has 8 heteroatoms. The molecule has 1 aliphatic carbocycles. The van der Waals surface area contributed by atoms with Gasteiger partial charge in [-0.2, -0.15) is 8.42 Å². The van der Waals surface area contributed by atoms with Crippen LogP contribution in [0.5, 0.6) is 5.75 Å². The van der Waals surface area contributed by atoms with Gasteiger partial charge in [0.2, 0.25) is 5.91 Å².